The van der Waals surface area contributed by atoms with Crippen molar-refractivity contribution in [1.29, 1.82) is 0 Å². The summed E-state index contributed by atoms with van der Waals surface area (Å²) < 4.78 is 18.6. The Morgan fingerprint density at radius 1 is 0.929 bits per heavy atom. The van der Waals surface area contributed by atoms with E-state index in [9.17, 15) is 4.39 Å². The largest absolute Gasteiger partial charge is 0.456 e. The van der Waals surface area contributed by atoms with Gasteiger partial charge in [-0.2, -0.15) is 0 Å². The molecule has 1 aliphatic rings. The molecule has 1 fully saturated rings. The highest BCUT2D eigenvalue weighted by Crippen LogP contribution is 2.25. The number of likely N-dealkylation sites (N-methyl/N-ethyl adjacent to an activating group) is 1. The molecule has 5 nitrogen and oxygen atoms in total. The van der Waals surface area contributed by atoms with E-state index in [4.69, 9.17) is 4.74 Å². The molecule has 0 atom stereocenters. The van der Waals surface area contributed by atoms with Crippen molar-refractivity contribution in [3.05, 3.63) is 72.7 Å². The Hall–Kier alpha value is -3.12. The fraction of sp³-hybridized carbons (Fsp3) is 0.227. The van der Waals surface area contributed by atoms with Gasteiger partial charge in [-0.25, -0.2) is 9.37 Å². The summed E-state index contributed by atoms with van der Waals surface area (Å²) in [6, 6.07) is 18.0. The summed E-state index contributed by atoms with van der Waals surface area (Å²) in [5, 5.41) is 3.34. The number of rotatable bonds is 5. The number of benzene rings is 2. The van der Waals surface area contributed by atoms with Gasteiger partial charge in [0.15, 0.2) is 0 Å². The molecule has 0 spiro atoms. The summed E-state index contributed by atoms with van der Waals surface area (Å²) in [4.78, 5) is 9.16. The van der Waals surface area contributed by atoms with Crippen LogP contribution in [0.2, 0.25) is 0 Å². The molecule has 1 saturated heterocycles. The second-order valence-corrected chi connectivity index (χ2v) is 6.90. The summed E-state index contributed by atoms with van der Waals surface area (Å²) in [5.41, 5.74) is 2.21. The predicted molar refractivity (Wildman–Crippen MR) is 110 cm³/mol. The Kier molecular flexibility index (Phi) is 5.39. The van der Waals surface area contributed by atoms with Gasteiger partial charge in [-0.15, -0.1) is 0 Å². The molecule has 0 aliphatic carbocycles. The maximum Gasteiger partial charge on any atom is 0.145 e. The number of halogens is 1. The molecule has 1 aliphatic heterocycles. The van der Waals surface area contributed by atoms with Gasteiger partial charge in [0.05, 0.1) is 6.20 Å². The molecule has 3 aromatic rings. The number of ether oxygens (including phenoxy) is 1. The minimum absolute atomic E-state index is 0.288. The molecule has 6 heteroatoms. The van der Waals surface area contributed by atoms with E-state index in [2.05, 4.69) is 45.3 Å². The van der Waals surface area contributed by atoms with Crippen LogP contribution in [0.25, 0.3) is 0 Å². The monoisotopic (exact) mass is 378 g/mol. The van der Waals surface area contributed by atoms with Crippen LogP contribution in [0, 0.1) is 5.82 Å². The van der Waals surface area contributed by atoms with Crippen LogP contribution < -0.4 is 15.0 Å². The Balaban J connectivity index is 1.40. The van der Waals surface area contributed by atoms with Crippen molar-refractivity contribution in [3.63, 3.8) is 0 Å². The molecule has 28 heavy (non-hydrogen) atoms. The molecule has 2 heterocycles. The van der Waals surface area contributed by atoms with Crippen molar-refractivity contribution in [2.24, 2.45) is 0 Å². The summed E-state index contributed by atoms with van der Waals surface area (Å²) in [6.45, 7) is 4.23. The first-order valence-electron chi connectivity index (χ1n) is 9.36. The van der Waals surface area contributed by atoms with E-state index in [0.717, 1.165) is 37.7 Å². The number of anilines is 3. The van der Waals surface area contributed by atoms with Crippen LogP contribution in [-0.4, -0.2) is 43.1 Å². The van der Waals surface area contributed by atoms with E-state index in [1.807, 2.05) is 18.2 Å². The van der Waals surface area contributed by atoms with Crippen molar-refractivity contribution < 1.29 is 9.13 Å². The molecule has 2 aromatic carbocycles. The van der Waals surface area contributed by atoms with Crippen LogP contribution in [0.15, 0.2) is 66.9 Å². The van der Waals surface area contributed by atoms with Crippen molar-refractivity contribution >= 4 is 17.2 Å². The third-order valence-corrected chi connectivity index (χ3v) is 4.77. The zero-order valence-electron chi connectivity index (χ0n) is 15.8. The smallest absolute Gasteiger partial charge is 0.145 e. The standard InChI is InChI=1S/C22H23FN4O/c1-26-11-13-27(14-12-26)19-4-2-3-18(15-19)25-22-10-9-21(16-24-22)28-20-7-5-17(23)6-8-20/h2-10,15-16H,11-14H2,1H3,(H,24,25). The second kappa shape index (κ2) is 8.27. The fourth-order valence-electron chi connectivity index (χ4n) is 3.15. The zero-order valence-corrected chi connectivity index (χ0v) is 15.8. The Labute approximate surface area is 164 Å². The van der Waals surface area contributed by atoms with Crippen LogP contribution >= 0.6 is 0 Å². The van der Waals surface area contributed by atoms with Gasteiger partial charge >= 0.3 is 0 Å². The molecule has 0 unspecified atom stereocenters. The molecular weight excluding hydrogens is 355 g/mol. The molecule has 4 rings (SSSR count). The minimum Gasteiger partial charge on any atom is -0.456 e. The number of nitrogens with one attached hydrogen (secondary N) is 1. The minimum atomic E-state index is -0.288. The summed E-state index contributed by atoms with van der Waals surface area (Å²) >= 11 is 0. The van der Waals surface area contributed by atoms with Gasteiger partial charge in [0.25, 0.3) is 0 Å². The molecule has 144 valence electrons. The first-order valence-corrected chi connectivity index (χ1v) is 9.36. The molecule has 0 radical (unpaired) electrons. The van der Waals surface area contributed by atoms with E-state index in [0.29, 0.717) is 11.5 Å². The average Bonchev–Trinajstić information content (AvgIpc) is 2.72. The fourth-order valence-corrected chi connectivity index (χ4v) is 3.15. The predicted octanol–water partition coefficient (Wildman–Crippen LogP) is 4.51. The van der Waals surface area contributed by atoms with Crippen molar-refractivity contribution in [2.45, 2.75) is 0 Å². The van der Waals surface area contributed by atoms with Gasteiger partial charge in [-0.1, -0.05) is 6.07 Å². The van der Waals surface area contributed by atoms with E-state index >= 15 is 0 Å². The lowest BCUT2D eigenvalue weighted by molar-refractivity contribution is 0.313. The van der Waals surface area contributed by atoms with Crippen LogP contribution in [0.5, 0.6) is 11.5 Å². The van der Waals surface area contributed by atoms with Crippen LogP contribution in [0.4, 0.5) is 21.6 Å². The summed E-state index contributed by atoms with van der Waals surface area (Å²) in [5.74, 6) is 1.62. The van der Waals surface area contributed by atoms with Crippen LogP contribution in [0.1, 0.15) is 0 Å². The number of piperazine rings is 1. The SMILES string of the molecule is CN1CCN(c2cccc(Nc3ccc(Oc4ccc(F)cc4)cn3)c2)CC1. The average molecular weight is 378 g/mol. The molecule has 0 saturated carbocycles. The van der Waals surface area contributed by atoms with Crippen molar-refractivity contribution in [1.82, 2.24) is 9.88 Å². The highest BCUT2D eigenvalue weighted by atomic mass is 19.1. The Bertz CT molecular complexity index is 907. The topological polar surface area (TPSA) is 40.6 Å². The maximum atomic E-state index is 13.0. The molecule has 0 amide bonds. The zero-order chi connectivity index (χ0) is 19.3. The third-order valence-electron chi connectivity index (χ3n) is 4.77. The number of pyridine rings is 1. The van der Waals surface area contributed by atoms with Gasteiger partial charge < -0.3 is 19.9 Å². The molecule has 1 N–H and O–H groups in total. The van der Waals surface area contributed by atoms with E-state index in [-0.39, 0.29) is 5.82 Å². The normalized spacial score (nSPS) is 14.7. The Morgan fingerprint density at radius 3 is 2.39 bits per heavy atom. The number of hydrogen-bond donors (Lipinski definition) is 1. The van der Waals surface area contributed by atoms with Gasteiger partial charge in [0.2, 0.25) is 0 Å². The molecule has 1 aromatic heterocycles. The molecular formula is C22H23FN4O. The van der Waals surface area contributed by atoms with Crippen molar-refractivity contribution in [3.8, 4) is 11.5 Å². The van der Waals surface area contributed by atoms with Crippen LogP contribution in [-0.2, 0) is 0 Å². The lowest BCUT2D eigenvalue weighted by Gasteiger charge is -2.34. The number of nitrogens with zero attached hydrogens (tertiary/aromatic N) is 3. The highest BCUT2D eigenvalue weighted by molar-refractivity contribution is 5.63. The van der Waals surface area contributed by atoms with E-state index in [1.165, 1.54) is 17.8 Å². The highest BCUT2D eigenvalue weighted by Gasteiger charge is 2.14. The lowest BCUT2D eigenvalue weighted by atomic mass is 10.2. The Morgan fingerprint density at radius 2 is 1.68 bits per heavy atom. The summed E-state index contributed by atoms with van der Waals surface area (Å²) in [6.07, 6.45) is 1.65. The third kappa shape index (κ3) is 4.58. The first kappa shape index (κ1) is 18.3. The van der Waals surface area contributed by atoms with Crippen LogP contribution in [0.3, 0.4) is 0 Å². The van der Waals surface area contributed by atoms with Gasteiger partial charge in [-0.3, -0.25) is 0 Å². The maximum absolute atomic E-state index is 13.0. The number of aromatic nitrogens is 1. The van der Waals surface area contributed by atoms with Crippen molar-refractivity contribution in [2.75, 3.05) is 43.4 Å². The van der Waals surface area contributed by atoms with Gasteiger partial charge in [0.1, 0.15) is 23.1 Å². The van der Waals surface area contributed by atoms with E-state index < -0.39 is 0 Å². The van der Waals surface area contributed by atoms with Gasteiger partial charge in [-0.05, 0) is 61.6 Å². The lowest BCUT2D eigenvalue weighted by Crippen LogP contribution is -2.44. The second-order valence-electron chi connectivity index (χ2n) is 6.90. The van der Waals surface area contributed by atoms with Gasteiger partial charge in [0, 0.05) is 37.6 Å². The first-order chi connectivity index (χ1) is 13.7. The molecule has 0 bridgehead atoms. The number of hydrogen-bond acceptors (Lipinski definition) is 5. The van der Waals surface area contributed by atoms with E-state index in [1.54, 1.807) is 18.3 Å². The quantitative estimate of drug-likeness (QED) is 0.707. The summed E-state index contributed by atoms with van der Waals surface area (Å²) in [7, 11) is 2.16.